The summed E-state index contributed by atoms with van der Waals surface area (Å²) >= 11 is 2.95. The lowest BCUT2D eigenvalue weighted by atomic mass is 10.3. The van der Waals surface area contributed by atoms with Crippen molar-refractivity contribution in [2.75, 3.05) is 24.9 Å². The van der Waals surface area contributed by atoms with Crippen molar-refractivity contribution >= 4 is 35.3 Å². The van der Waals surface area contributed by atoms with Gasteiger partial charge in [0, 0.05) is 17.9 Å². The molecule has 98 valence electrons. The molecule has 2 N–H and O–H groups in total. The molecule has 7 heteroatoms. The van der Waals surface area contributed by atoms with Gasteiger partial charge in [0.25, 0.3) is 0 Å². The van der Waals surface area contributed by atoms with Gasteiger partial charge in [0.1, 0.15) is 10.8 Å². The number of nitrogen functional groups attached to an aromatic ring is 1. The highest BCUT2D eigenvalue weighted by molar-refractivity contribution is 7.99. The third-order valence-electron chi connectivity index (χ3n) is 1.91. The average molecular weight is 285 g/mol. The maximum absolute atomic E-state index is 11.0. The van der Waals surface area contributed by atoms with E-state index in [-0.39, 0.29) is 5.97 Å². The molecule has 18 heavy (non-hydrogen) atoms. The summed E-state index contributed by atoms with van der Waals surface area (Å²) < 4.78 is 4.55. The van der Waals surface area contributed by atoms with Gasteiger partial charge in [-0.1, -0.05) is 17.3 Å². The summed E-state index contributed by atoms with van der Waals surface area (Å²) in [4.78, 5) is 19.5. The fourth-order valence-electron chi connectivity index (χ4n) is 1.07. The number of ether oxygens (including phenoxy) is 1. The van der Waals surface area contributed by atoms with Crippen LogP contribution in [0.3, 0.4) is 0 Å². The summed E-state index contributed by atoms with van der Waals surface area (Å²) in [7, 11) is 1.35. The first-order valence-corrected chi connectivity index (χ1v) is 7.32. The van der Waals surface area contributed by atoms with Crippen molar-refractivity contribution in [3.63, 3.8) is 0 Å². The lowest BCUT2D eigenvalue weighted by molar-refractivity contribution is -0.134. The molecule has 0 aliphatic heterocycles. The topological polar surface area (TPSA) is 78.1 Å². The molecule has 0 aliphatic rings. The molecule has 0 radical (unpaired) electrons. The first-order valence-electron chi connectivity index (χ1n) is 5.11. The lowest BCUT2D eigenvalue weighted by Crippen LogP contribution is -1.99. The van der Waals surface area contributed by atoms with Crippen LogP contribution in [0.2, 0.25) is 0 Å². The van der Waals surface area contributed by atoms with E-state index in [2.05, 4.69) is 14.7 Å². The second-order valence-corrected chi connectivity index (χ2v) is 5.19. The SMILES string of the molecule is COC(=O)C=C(C)CSc1nc(N)cc(SC)n1. The molecule has 0 amide bonds. The summed E-state index contributed by atoms with van der Waals surface area (Å²) in [5, 5.41) is 1.44. The van der Waals surface area contributed by atoms with Crippen LogP contribution in [-0.4, -0.2) is 35.1 Å². The number of esters is 1. The molecule has 1 heterocycles. The van der Waals surface area contributed by atoms with Crippen LogP contribution in [0.15, 0.2) is 27.9 Å². The second-order valence-electron chi connectivity index (χ2n) is 3.42. The zero-order valence-corrected chi connectivity index (χ0v) is 12.1. The largest absolute Gasteiger partial charge is 0.466 e. The van der Waals surface area contributed by atoms with E-state index < -0.39 is 0 Å². The minimum absolute atomic E-state index is 0.355. The Bertz CT molecular complexity index is 464. The van der Waals surface area contributed by atoms with Crippen molar-refractivity contribution in [2.24, 2.45) is 0 Å². The smallest absolute Gasteiger partial charge is 0.330 e. The monoisotopic (exact) mass is 285 g/mol. The Morgan fingerprint density at radius 3 is 2.89 bits per heavy atom. The molecule has 1 aromatic rings. The molecule has 0 aromatic carbocycles. The van der Waals surface area contributed by atoms with E-state index in [0.717, 1.165) is 10.6 Å². The molecule has 0 saturated carbocycles. The molecule has 0 bridgehead atoms. The Kier molecular flexibility index (Phi) is 6.00. The molecule has 0 saturated heterocycles. The number of methoxy groups -OCH3 is 1. The minimum atomic E-state index is -0.355. The molecule has 1 rings (SSSR count). The predicted octanol–water partition coefficient (Wildman–Crippen LogP) is 1.99. The molecular formula is C11H15N3O2S2. The normalized spacial score (nSPS) is 11.4. The van der Waals surface area contributed by atoms with Crippen molar-refractivity contribution < 1.29 is 9.53 Å². The fraction of sp³-hybridized carbons (Fsp3) is 0.364. The van der Waals surface area contributed by atoms with Crippen LogP contribution in [0.25, 0.3) is 0 Å². The lowest BCUT2D eigenvalue weighted by Gasteiger charge is -2.04. The van der Waals surface area contributed by atoms with Crippen LogP contribution in [0.5, 0.6) is 0 Å². The van der Waals surface area contributed by atoms with E-state index >= 15 is 0 Å². The number of aromatic nitrogens is 2. The van der Waals surface area contributed by atoms with Crippen LogP contribution in [0.1, 0.15) is 6.92 Å². The minimum Gasteiger partial charge on any atom is -0.466 e. The summed E-state index contributed by atoms with van der Waals surface area (Å²) in [5.74, 6) is 0.713. The highest BCUT2D eigenvalue weighted by Crippen LogP contribution is 2.21. The van der Waals surface area contributed by atoms with Gasteiger partial charge in [-0.05, 0) is 13.2 Å². The molecule has 0 aliphatic carbocycles. The predicted molar refractivity (Wildman–Crippen MR) is 74.7 cm³/mol. The molecule has 0 spiro atoms. The van der Waals surface area contributed by atoms with Crippen molar-refractivity contribution in [3.05, 3.63) is 17.7 Å². The average Bonchev–Trinajstić information content (AvgIpc) is 2.35. The van der Waals surface area contributed by atoms with Gasteiger partial charge >= 0.3 is 5.97 Å². The Morgan fingerprint density at radius 1 is 1.56 bits per heavy atom. The van der Waals surface area contributed by atoms with E-state index in [0.29, 0.717) is 16.7 Å². The van der Waals surface area contributed by atoms with E-state index in [9.17, 15) is 4.79 Å². The molecule has 0 unspecified atom stereocenters. The van der Waals surface area contributed by atoms with Gasteiger partial charge in [-0.25, -0.2) is 14.8 Å². The van der Waals surface area contributed by atoms with E-state index in [4.69, 9.17) is 5.73 Å². The van der Waals surface area contributed by atoms with Crippen molar-refractivity contribution in [1.82, 2.24) is 9.97 Å². The van der Waals surface area contributed by atoms with Crippen LogP contribution in [-0.2, 0) is 9.53 Å². The molecule has 0 atom stereocenters. The van der Waals surface area contributed by atoms with E-state index in [1.165, 1.54) is 36.7 Å². The van der Waals surface area contributed by atoms with Crippen LogP contribution >= 0.6 is 23.5 Å². The maximum Gasteiger partial charge on any atom is 0.330 e. The highest BCUT2D eigenvalue weighted by atomic mass is 32.2. The quantitative estimate of drug-likeness (QED) is 0.291. The van der Waals surface area contributed by atoms with Gasteiger partial charge in [0.2, 0.25) is 0 Å². The third-order valence-corrected chi connectivity index (χ3v) is 3.57. The fourth-order valence-corrected chi connectivity index (χ4v) is 2.32. The Labute approximate surface area is 115 Å². The van der Waals surface area contributed by atoms with Gasteiger partial charge in [0.15, 0.2) is 5.16 Å². The first-order chi connectivity index (χ1) is 8.55. The van der Waals surface area contributed by atoms with Crippen LogP contribution in [0.4, 0.5) is 5.82 Å². The van der Waals surface area contributed by atoms with E-state index in [1.54, 1.807) is 6.07 Å². The van der Waals surface area contributed by atoms with Gasteiger partial charge in [-0.3, -0.25) is 0 Å². The molecular weight excluding hydrogens is 270 g/mol. The number of nitrogens with zero attached hydrogens (tertiary/aromatic N) is 2. The molecule has 0 fully saturated rings. The van der Waals surface area contributed by atoms with Gasteiger partial charge in [-0.2, -0.15) is 0 Å². The summed E-state index contributed by atoms with van der Waals surface area (Å²) in [6.45, 7) is 1.85. The zero-order chi connectivity index (χ0) is 13.5. The van der Waals surface area contributed by atoms with Crippen molar-refractivity contribution in [3.8, 4) is 0 Å². The number of anilines is 1. The highest BCUT2D eigenvalue weighted by Gasteiger charge is 2.04. The summed E-state index contributed by atoms with van der Waals surface area (Å²) in [6.07, 6.45) is 3.38. The molecule has 1 aromatic heterocycles. The number of thioether (sulfide) groups is 2. The number of hydrogen-bond acceptors (Lipinski definition) is 7. The van der Waals surface area contributed by atoms with Crippen molar-refractivity contribution in [1.29, 1.82) is 0 Å². The van der Waals surface area contributed by atoms with E-state index in [1.807, 2.05) is 13.2 Å². The van der Waals surface area contributed by atoms with Gasteiger partial charge in [-0.15, -0.1) is 11.8 Å². The maximum atomic E-state index is 11.0. The number of nitrogens with two attached hydrogens (primary N) is 1. The standard InChI is InChI=1S/C11H15N3O2S2/c1-7(4-10(15)16-2)6-18-11-13-8(12)5-9(14-11)17-3/h4-5H,6H2,1-3H3,(H2,12,13,14). The molecule has 5 nitrogen and oxygen atoms in total. The van der Waals surface area contributed by atoms with Gasteiger partial charge < -0.3 is 10.5 Å². The van der Waals surface area contributed by atoms with Gasteiger partial charge in [0.05, 0.1) is 7.11 Å². The number of carbonyl (C=O) groups excluding carboxylic acids is 1. The van der Waals surface area contributed by atoms with Crippen molar-refractivity contribution in [2.45, 2.75) is 17.1 Å². The van der Waals surface area contributed by atoms with Crippen LogP contribution < -0.4 is 5.73 Å². The Hall–Kier alpha value is -1.21. The zero-order valence-electron chi connectivity index (χ0n) is 10.5. The summed E-state index contributed by atoms with van der Waals surface area (Å²) in [5.41, 5.74) is 6.57. The first kappa shape index (κ1) is 14.8. The third kappa shape index (κ3) is 4.97. The number of hydrogen-bond donors (Lipinski definition) is 1. The Balaban J connectivity index is 2.66. The number of carbonyl (C=O) groups is 1. The second kappa shape index (κ2) is 7.27. The summed E-state index contributed by atoms with van der Waals surface area (Å²) in [6, 6.07) is 1.73. The number of rotatable bonds is 5. The Morgan fingerprint density at radius 2 is 2.28 bits per heavy atom. The van der Waals surface area contributed by atoms with Crippen LogP contribution in [0, 0.1) is 0 Å².